The monoisotopic (exact) mass is 280 g/mol. The van der Waals surface area contributed by atoms with E-state index in [1.54, 1.807) is 20.2 Å². The van der Waals surface area contributed by atoms with Crippen molar-refractivity contribution in [1.82, 2.24) is 4.98 Å². The van der Waals surface area contributed by atoms with Crippen molar-refractivity contribution in [2.24, 2.45) is 5.92 Å². The van der Waals surface area contributed by atoms with Gasteiger partial charge >= 0.3 is 11.2 Å². The summed E-state index contributed by atoms with van der Waals surface area (Å²) in [4.78, 5) is 24.3. The number of hydrogen-bond acceptors (Lipinski definition) is 4. The Hall–Kier alpha value is -1.69. The van der Waals surface area contributed by atoms with Crippen LogP contribution in [0.3, 0.4) is 0 Å². The van der Waals surface area contributed by atoms with Gasteiger partial charge in [-0.3, -0.25) is 14.9 Å². The predicted octanol–water partition coefficient (Wildman–Crippen LogP) is 2.34. The lowest BCUT2D eigenvalue weighted by atomic mass is 9.83. The van der Waals surface area contributed by atoms with Crippen LogP contribution in [0.2, 0.25) is 0 Å². The van der Waals surface area contributed by atoms with Gasteiger partial charge in [0, 0.05) is 18.9 Å². The van der Waals surface area contributed by atoms with E-state index in [2.05, 4.69) is 4.98 Å². The molecule has 0 bridgehead atoms. The van der Waals surface area contributed by atoms with E-state index < -0.39 is 10.5 Å². The lowest BCUT2D eigenvalue weighted by Crippen LogP contribution is -2.22. The number of ether oxygens (including phenoxy) is 1. The number of nitro groups is 1. The maximum Gasteiger partial charge on any atom is 0.337 e. The van der Waals surface area contributed by atoms with Crippen LogP contribution in [0.5, 0.6) is 0 Å². The van der Waals surface area contributed by atoms with Crippen LogP contribution in [0.25, 0.3) is 0 Å². The Morgan fingerprint density at radius 1 is 1.40 bits per heavy atom. The van der Waals surface area contributed by atoms with Crippen LogP contribution in [-0.4, -0.2) is 23.1 Å². The number of nitrogens with zero attached hydrogens (tertiary/aromatic N) is 1. The highest BCUT2D eigenvalue weighted by Gasteiger charge is 2.24. The van der Waals surface area contributed by atoms with E-state index in [0.717, 1.165) is 37.7 Å². The third-order valence-corrected chi connectivity index (χ3v) is 4.25. The predicted molar refractivity (Wildman–Crippen MR) is 74.9 cm³/mol. The summed E-state index contributed by atoms with van der Waals surface area (Å²) in [7, 11) is 1.74. The number of H-pyrrole nitrogens is 1. The van der Waals surface area contributed by atoms with Gasteiger partial charge in [0.1, 0.15) is 0 Å². The normalized spacial score (nSPS) is 22.7. The molecule has 110 valence electrons. The Bertz CT molecular complexity index is 545. The zero-order chi connectivity index (χ0) is 14.7. The quantitative estimate of drug-likeness (QED) is 0.677. The van der Waals surface area contributed by atoms with Gasteiger partial charge in [0.2, 0.25) is 0 Å². The molecule has 1 N–H and O–H groups in total. The van der Waals surface area contributed by atoms with Gasteiger partial charge in [-0.25, -0.2) is 0 Å². The molecule has 1 aromatic rings. The van der Waals surface area contributed by atoms with Gasteiger partial charge in [-0.2, -0.15) is 0 Å². The Balaban J connectivity index is 2.13. The van der Waals surface area contributed by atoms with E-state index in [1.165, 1.54) is 0 Å². The average Bonchev–Trinajstić information content (AvgIpc) is 2.42. The third kappa shape index (κ3) is 3.07. The van der Waals surface area contributed by atoms with Gasteiger partial charge in [0.15, 0.2) is 0 Å². The van der Waals surface area contributed by atoms with Crippen LogP contribution in [0.1, 0.15) is 36.8 Å². The molecule has 0 atom stereocenters. The van der Waals surface area contributed by atoms with Gasteiger partial charge in [-0.15, -0.1) is 0 Å². The number of hydrogen-bond donors (Lipinski definition) is 1. The summed E-state index contributed by atoms with van der Waals surface area (Å²) in [6.07, 6.45) is 6.93. The van der Waals surface area contributed by atoms with Crippen LogP contribution in [0.15, 0.2) is 11.0 Å². The van der Waals surface area contributed by atoms with Crippen LogP contribution >= 0.6 is 0 Å². The maximum atomic E-state index is 11.5. The molecule has 0 amide bonds. The van der Waals surface area contributed by atoms with Crippen molar-refractivity contribution in [2.75, 3.05) is 7.11 Å². The fourth-order valence-corrected chi connectivity index (χ4v) is 2.97. The van der Waals surface area contributed by atoms with Crippen molar-refractivity contribution in [3.63, 3.8) is 0 Å². The van der Waals surface area contributed by atoms with E-state index in [-0.39, 0.29) is 5.69 Å². The minimum atomic E-state index is -0.626. The highest BCUT2D eigenvalue weighted by atomic mass is 16.6. The lowest BCUT2D eigenvalue weighted by molar-refractivity contribution is -0.386. The molecule has 1 aromatic heterocycles. The molecule has 0 radical (unpaired) electrons. The fourth-order valence-electron chi connectivity index (χ4n) is 2.97. The fraction of sp³-hybridized carbons (Fsp3) is 0.643. The Kier molecular flexibility index (Phi) is 4.54. The molecule has 0 saturated heterocycles. The highest BCUT2D eigenvalue weighted by Crippen LogP contribution is 2.30. The summed E-state index contributed by atoms with van der Waals surface area (Å²) in [6, 6.07) is 0. The number of aromatic nitrogens is 1. The van der Waals surface area contributed by atoms with Crippen molar-refractivity contribution >= 4 is 5.69 Å². The molecule has 0 aliphatic heterocycles. The summed E-state index contributed by atoms with van der Waals surface area (Å²) in [6.45, 7) is 1.66. The molecule has 1 aliphatic carbocycles. The second-order valence-electron chi connectivity index (χ2n) is 5.46. The molecule has 2 rings (SSSR count). The summed E-state index contributed by atoms with van der Waals surface area (Å²) in [5.74, 6) is 0.505. The standard InChI is InChI=1S/C14H20N2O4/c1-9-11(8-15-14(17)13(9)16(18)19)7-10-3-5-12(20-2)6-4-10/h8,10,12H,3-7H2,1-2H3,(H,15,17)/t10-,12+. The molecule has 0 spiro atoms. The minimum absolute atomic E-state index is 0.326. The van der Waals surface area contributed by atoms with Crippen molar-refractivity contribution in [3.8, 4) is 0 Å². The molecule has 6 nitrogen and oxygen atoms in total. The first kappa shape index (κ1) is 14.7. The zero-order valence-electron chi connectivity index (χ0n) is 11.8. The van der Waals surface area contributed by atoms with Crippen LogP contribution in [-0.2, 0) is 11.2 Å². The van der Waals surface area contributed by atoms with E-state index in [9.17, 15) is 14.9 Å². The summed E-state index contributed by atoms with van der Waals surface area (Å²) >= 11 is 0. The van der Waals surface area contributed by atoms with Gasteiger partial charge in [0.05, 0.1) is 11.0 Å². The molecule has 0 unspecified atom stereocenters. The van der Waals surface area contributed by atoms with Crippen LogP contribution < -0.4 is 5.56 Å². The average molecular weight is 280 g/mol. The molecule has 20 heavy (non-hydrogen) atoms. The molecular formula is C14H20N2O4. The molecule has 6 heteroatoms. The topological polar surface area (TPSA) is 85.2 Å². The Morgan fingerprint density at radius 2 is 2.05 bits per heavy atom. The number of aromatic amines is 1. The zero-order valence-corrected chi connectivity index (χ0v) is 11.8. The van der Waals surface area contributed by atoms with Crippen molar-refractivity contribution in [1.29, 1.82) is 0 Å². The molecular weight excluding hydrogens is 260 g/mol. The first-order chi connectivity index (χ1) is 9.52. The molecule has 1 fully saturated rings. The third-order valence-electron chi connectivity index (χ3n) is 4.25. The van der Waals surface area contributed by atoms with Crippen molar-refractivity contribution in [3.05, 3.63) is 37.8 Å². The largest absolute Gasteiger partial charge is 0.381 e. The number of pyridine rings is 1. The van der Waals surface area contributed by atoms with E-state index in [4.69, 9.17) is 4.74 Å². The highest BCUT2D eigenvalue weighted by molar-refractivity contribution is 5.41. The number of methoxy groups -OCH3 is 1. The first-order valence-electron chi connectivity index (χ1n) is 6.91. The van der Waals surface area contributed by atoms with Crippen molar-refractivity contribution < 1.29 is 9.66 Å². The maximum absolute atomic E-state index is 11.5. The summed E-state index contributed by atoms with van der Waals surface area (Å²) in [5, 5.41) is 10.9. The Morgan fingerprint density at radius 3 is 2.60 bits per heavy atom. The Labute approximate surface area is 117 Å². The van der Waals surface area contributed by atoms with E-state index >= 15 is 0 Å². The second kappa shape index (κ2) is 6.17. The first-order valence-corrected chi connectivity index (χ1v) is 6.91. The second-order valence-corrected chi connectivity index (χ2v) is 5.46. The number of rotatable bonds is 4. The van der Waals surface area contributed by atoms with Crippen molar-refractivity contribution in [2.45, 2.75) is 45.1 Å². The van der Waals surface area contributed by atoms with Gasteiger partial charge < -0.3 is 9.72 Å². The molecule has 1 aliphatic rings. The van der Waals surface area contributed by atoms with Gasteiger partial charge in [-0.1, -0.05) is 0 Å². The summed E-state index contributed by atoms with van der Waals surface area (Å²) in [5.41, 5.74) is 0.414. The molecule has 0 aromatic carbocycles. The van der Waals surface area contributed by atoms with E-state index in [0.29, 0.717) is 17.6 Å². The minimum Gasteiger partial charge on any atom is -0.381 e. The van der Waals surface area contributed by atoms with Gasteiger partial charge in [-0.05, 0) is 50.5 Å². The van der Waals surface area contributed by atoms with Gasteiger partial charge in [0.25, 0.3) is 0 Å². The smallest absolute Gasteiger partial charge is 0.337 e. The van der Waals surface area contributed by atoms with E-state index in [1.807, 2.05) is 0 Å². The molecule has 1 heterocycles. The van der Waals surface area contributed by atoms with Crippen LogP contribution in [0.4, 0.5) is 5.69 Å². The summed E-state index contributed by atoms with van der Waals surface area (Å²) < 4.78 is 5.34. The lowest BCUT2D eigenvalue weighted by Gasteiger charge is -2.27. The SMILES string of the molecule is CO[C@H]1CC[C@@H](Cc2c[nH]c(=O)c([N+](=O)[O-])c2C)CC1. The number of nitrogens with one attached hydrogen (secondary N) is 1. The molecule has 1 saturated carbocycles. The van der Waals surface area contributed by atoms with Crippen LogP contribution in [0, 0.1) is 23.0 Å².